The van der Waals surface area contributed by atoms with Crippen molar-refractivity contribution in [3.05, 3.63) is 48.0 Å². The van der Waals surface area contributed by atoms with E-state index in [0.717, 1.165) is 19.5 Å². The highest BCUT2D eigenvalue weighted by molar-refractivity contribution is 5.83. The molecule has 4 nitrogen and oxygen atoms in total. The van der Waals surface area contributed by atoms with Gasteiger partial charge in [-0.15, -0.1) is 0 Å². The molecule has 1 aliphatic heterocycles. The third-order valence-corrected chi connectivity index (χ3v) is 5.81. The molecule has 4 heteroatoms. The third kappa shape index (κ3) is 3.36. The first kappa shape index (κ1) is 16.4. The Hall–Kier alpha value is -2.07. The molecule has 4 rings (SSSR count). The molecule has 2 aromatic carbocycles. The van der Waals surface area contributed by atoms with Crippen LogP contribution in [0, 0.1) is 11.8 Å². The summed E-state index contributed by atoms with van der Waals surface area (Å²) in [7, 11) is 1.80. The highest BCUT2D eigenvalue weighted by Gasteiger charge is 2.43. The summed E-state index contributed by atoms with van der Waals surface area (Å²) >= 11 is 0. The number of carbonyl (C=O) groups excluding carboxylic acids is 1. The van der Waals surface area contributed by atoms with E-state index in [9.17, 15) is 4.79 Å². The Morgan fingerprint density at radius 3 is 2.56 bits per heavy atom. The summed E-state index contributed by atoms with van der Waals surface area (Å²) in [4.78, 5) is 14.5. The Bertz CT molecular complexity index is 746. The van der Waals surface area contributed by atoms with Crippen LogP contribution in [-0.4, -0.2) is 43.8 Å². The maximum absolute atomic E-state index is 12.5. The van der Waals surface area contributed by atoms with Crippen molar-refractivity contribution in [1.29, 1.82) is 0 Å². The second-order valence-corrected chi connectivity index (χ2v) is 7.37. The van der Waals surface area contributed by atoms with E-state index < -0.39 is 0 Å². The van der Waals surface area contributed by atoms with Crippen LogP contribution in [0.3, 0.4) is 0 Å². The van der Waals surface area contributed by atoms with Gasteiger partial charge in [0.05, 0.1) is 6.10 Å². The third-order valence-electron chi connectivity index (χ3n) is 5.81. The lowest BCUT2D eigenvalue weighted by molar-refractivity contribution is -0.00503. The summed E-state index contributed by atoms with van der Waals surface area (Å²) in [6.45, 7) is 2.34. The summed E-state index contributed by atoms with van der Waals surface area (Å²) < 4.78 is 5.62. The van der Waals surface area contributed by atoms with Crippen LogP contribution in [0.15, 0.2) is 42.5 Å². The van der Waals surface area contributed by atoms with Gasteiger partial charge in [-0.1, -0.05) is 42.5 Å². The van der Waals surface area contributed by atoms with Gasteiger partial charge in [-0.3, -0.25) is 0 Å². The van der Waals surface area contributed by atoms with Gasteiger partial charge in [0.2, 0.25) is 0 Å². The number of hydrogen-bond acceptors (Lipinski definition) is 2. The molecule has 1 unspecified atom stereocenters. The lowest BCUT2D eigenvalue weighted by Crippen LogP contribution is -2.51. The van der Waals surface area contributed by atoms with Gasteiger partial charge in [0.25, 0.3) is 0 Å². The van der Waals surface area contributed by atoms with E-state index in [1.807, 2.05) is 4.90 Å². The summed E-state index contributed by atoms with van der Waals surface area (Å²) in [6.07, 6.45) is 3.58. The standard InChI is InChI=1S/C21H26N2O2/c1-25-20-18-8-9-19(20)14-23(13-18)21(24)22-11-10-15-6-7-16-4-2-3-5-17(16)12-15/h2-7,12,18-20H,8-11,13-14H2,1H3,(H,22,24)/t18-,19+,20?. The van der Waals surface area contributed by atoms with Crippen LogP contribution in [0.1, 0.15) is 18.4 Å². The SMILES string of the molecule is COC1[C@@H]2CC[C@H]1CN(C(=O)NCCc1ccc3ccccc3c1)C2. The number of ether oxygens (including phenoxy) is 1. The van der Waals surface area contributed by atoms with E-state index in [0.29, 0.717) is 24.5 Å². The molecule has 2 fully saturated rings. The molecule has 2 aromatic rings. The second-order valence-electron chi connectivity index (χ2n) is 7.37. The van der Waals surface area contributed by atoms with Crippen LogP contribution in [0.4, 0.5) is 4.79 Å². The molecular weight excluding hydrogens is 312 g/mol. The van der Waals surface area contributed by atoms with E-state index in [-0.39, 0.29) is 6.03 Å². The highest BCUT2D eigenvalue weighted by Crippen LogP contribution is 2.38. The van der Waals surface area contributed by atoms with Gasteiger partial charge in [0, 0.05) is 38.6 Å². The van der Waals surface area contributed by atoms with E-state index in [1.54, 1.807) is 7.11 Å². The molecule has 0 aromatic heterocycles. The monoisotopic (exact) mass is 338 g/mol. The van der Waals surface area contributed by atoms with Gasteiger partial charge in [-0.05, 0) is 35.6 Å². The van der Waals surface area contributed by atoms with Crippen LogP contribution in [0.25, 0.3) is 10.8 Å². The molecule has 25 heavy (non-hydrogen) atoms. The number of likely N-dealkylation sites (tertiary alicyclic amines) is 1. The van der Waals surface area contributed by atoms with Gasteiger partial charge >= 0.3 is 6.03 Å². The summed E-state index contributed by atoms with van der Waals surface area (Å²) in [5.41, 5.74) is 1.26. The number of urea groups is 1. The fourth-order valence-corrected chi connectivity index (χ4v) is 4.54. The average Bonchev–Trinajstić information content (AvgIpc) is 2.89. The maximum Gasteiger partial charge on any atom is 0.317 e. The number of amides is 2. The second kappa shape index (κ2) is 7.04. The van der Waals surface area contributed by atoms with Crippen molar-refractivity contribution in [2.24, 2.45) is 11.8 Å². The van der Waals surface area contributed by atoms with E-state index in [1.165, 1.54) is 29.2 Å². The zero-order chi connectivity index (χ0) is 17.2. The van der Waals surface area contributed by atoms with Crippen molar-refractivity contribution in [2.45, 2.75) is 25.4 Å². The number of piperidine rings is 1. The van der Waals surface area contributed by atoms with Gasteiger partial charge < -0.3 is 15.0 Å². The fourth-order valence-electron chi connectivity index (χ4n) is 4.54. The lowest BCUT2D eigenvalue weighted by atomic mass is 9.95. The zero-order valence-electron chi connectivity index (χ0n) is 14.8. The number of methoxy groups -OCH3 is 1. The van der Waals surface area contributed by atoms with Crippen LogP contribution in [0.2, 0.25) is 0 Å². The summed E-state index contributed by atoms with van der Waals surface area (Å²) in [5, 5.41) is 5.61. The molecular formula is C21H26N2O2. The Morgan fingerprint density at radius 2 is 1.84 bits per heavy atom. The van der Waals surface area contributed by atoms with Crippen molar-refractivity contribution in [3.8, 4) is 0 Å². The predicted octanol–water partition coefficient (Wildman–Crippen LogP) is 3.45. The molecule has 132 valence electrons. The Kier molecular flexibility index (Phi) is 4.62. The Morgan fingerprint density at radius 1 is 1.12 bits per heavy atom. The van der Waals surface area contributed by atoms with E-state index in [2.05, 4.69) is 47.8 Å². The number of nitrogens with zero attached hydrogens (tertiary/aromatic N) is 1. The Labute approximate surface area is 149 Å². The van der Waals surface area contributed by atoms with Gasteiger partial charge in [-0.25, -0.2) is 4.79 Å². The molecule has 0 spiro atoms. The van der Waals surface area contributed by atoms with Gasteiger partial charge in [0.1, 0.15) is 0 Å². The largest absolute Gasteiger partial charge is 0.381 e. The van der Waals surface area contributed by atoms with Crippen molar-refractivity contribution in [2.75, 3.05) is 26.7 Å². The molecule has 3 atom stereocenters. The molecule has 1 saturated heterocycles. The van der Waals surface area contributed by atoms with Gasteiger partial charge in [-0.2, -0.15) is 0 Å². The maximum atomic E-state index is 12.5. The molecule has 0 radical (unpaired) electrons. The van der Waals surface area contributed by atoms with Crippen LogP contribution >= 0.6 is 0 Å². The van der Waals surface area contributed by atoms with Crippen molar-refractivity contribution in [1.82, 2.24) is 10.2 Å². The minimum absolute atomic E-state index is 0.0762. The number of nitrogens with one attached hydrogen (secondary N) is 1. The lowest BCUT2D eigenvalue weighted by Gasteiger charge is -2.37. The molecule has 1 N–H and O–H groups in total. The Balaban J connectivity index is 1.30. The number of carbonyl (C=O) groups is 1. The first-order chi connectivity index (χ1) is 12.2. The van der Waals surface area contributed by atoms with Crippen molar-refractivity contribution < 1.29 is 9.53 Å². The van der Waals surface area contributed by atoms with Crippen LogP contribution < -0.4 is 5.32 Å². The minimum Gasteiger partial charge on any atom is -0.381 e. The van der Waals surface area contributed by atoms with Crippen LogP contribution in [0.5, 0.6) is 0 Å². The molecule has 1 aliphatic carbocycles. The molecule has 1 saturated carbocycles. The summed E-state index contributed by atoms with van der Waals surface area (Å²) in [5.74, 6) is 1.02. The average molecular weight is 338 g/mol. The first-order valence-electron chi connectivity index (χ1n) is 9.28. The molecule has 2 aliphatic rings. The van der Waals surface area contributed by atoms with E-state index >= 15 is 0 Å². The van der Waals surface area contributed by atoms with E-state index in [4.69, 9.17) is 4.74 Å². The smallest absolute Gasteiger partial charge is 0.317 e. The fraction of sp³-hybridized carbons (Fsp3) is 0.476. The van der Waals surface area contributed by atoms with Crippen LogP contribution in [-0.2, 0) is 11.2 Å². The first-order valence-corrected chi connectivity index (χ1v) is 9.28. The number of hydrogen-bond donors (Lipinski definition) is 1. The quantitative estimate of drug-likeness (QED) is 0.928. The number of rotatable bonds is 4. The zero-order valence-corrected chi connectivity index (χ0v) is 14.8. The normalized spacial score (nSPS) is 25.3. The molecule has 2 bridgehead atoms. The predicted molar refractivity (Wildman–Crippen MR) is 99.6 cm³/mol. The highest BCUT2D eigenvalue weighted by atomic mass is 16.5. The van der Waals surface area contributed by atoms with Gasteiger partial charge in [0.15, 0.2) is 0 Å². The topological polar surface area (TPSA) is 41.6 Å². The minimum atomic E-state index is 0.0762. The molecule has 2 amide bonds. The van der Waals surface area contributed by atoms with Crippen molar-refractivity contribution in [3.63, 3.8) is 0 Å². The van der Waals surface area contributed by atoms with Crippen molar-refractivity contribution >= 4 is 16.8 Å². The molecule has 1 heterocycles. The number of fused-ring (bicyclic) bond motifs is 3. The summed E-state index contributed by atoms with van der Waals surface area (Å²) in [6, 6.07) is 15.0. The number of benzene rings is 2.